The highest BCUT2D eigenvalue weighted by Crippen LogP contribution is 2.25. The second-order valence-corrected chi connectivity index (χ2v) is 6.07. The van der Waals surface area contributed by atoms with E-state index in [-0.39, 0.29) is 18.0 Å². The van der Waals surface area contributed by atoms with Crippen LogP contribution < -0.4 is 5.32 Å². The number of anilines is 1. The predicted molar refractivity (Wildman–Crippen MR) is 93.7 cm³/mol. The van der Waals surface area contributed by atoms with Crippen molar-refractivity contribution in [2.45, 2.75) is 27.2 Å². The molecule has 0 aliphatic carbocycles. The minimum Gasteiger partial charge on any atom is -0.356 e. The first-order chi connectivity index (χ1) is 11.8. The fourth-order valence-electron chi connectivity index (χ4n) is 2.77. The summed E-state index contributed by atoms with van der Waals surface area (Å²) in [6, 6.07) is 8.28. The van der Waals surface area contributed by atoms with Crippen LogP contribution in [0.4, 0.5) is 11.4 Å². The Hall–Kier alpha value is -3.22. The molecule has 0 spiro atoms. The van der Waals surface area contributed by atoms with Crippen molar-refractivity contribution in [1.82, 2.24) is 5.16 Å². The van der Waals surface area contributed by atoms with Gasteiger partial charge in [0.2, 0.25) is 5.91 Å². The molecule has 2 aromatic carbocycles. The third-order valence-electron chi connectivity index (χ3n) is 4.01. The largest absolute Gasteiger partial charge is 0.356 e. The first kappa shape index (κ1) is 16.6. The van der Waals surface area contributed by atoms with Crippen LogP contribution in [-0.4, -0.2) is 16.0 Å². The van der Waals surface area contributed by atoms with Crippen LogP contribution in [0.2, 0.25) is 0 Å². The molecule has 7 nitrogen and oxygen atoms in total. The van der Waals surface area contributed by atoms with Gasteiger partial charge >= 0.3 is 0 Å². The summed E-state index contributed by atoms with van der Waals surface area (Å²) in [6.07, 6.45) is 0.0258. The molecule has 0 unspecified atom stereocenters. The number of fused-ring (bicyclic) bond motifs is 1. The maximum atomic E-state index is 12.4. The summed E-state index contributed by atoms with van der Waals surface area (Å²) in [5.41, 5.74) is 4.32. The average Bonchev–Trinajstić information content (AvgIpc) is 2.92. The number of nitro groups is 1. The Labute approximate surface area is 143 Å². The molecule has 3 aromatic rings. The lowest BCUT2D eigenvalue weighted by atomic mass is 10.1. The van der Waals surface area contributed by atoms with E-state index in [1.165, 1.54) is 12.1 Å². The number of amides is 1. The number of aromatic nitrogens is 1. The molecule has 0 fully saturated rings. The molecule has 1 heterocycles. The third kappa shape index (κ3) is 3.35. The topological polar surface area (TPSA) is 98.3 Å². The van der Waals surface area contributed by atoms with Gasteiger partial charge in [0, 0.05) is 17.5 Å². The van der Waals surface area contributed by atoms with Gasteiger partial charge in [-0.25, -0.2) is 0 Å². The number of hydrogen-bond donors (Lipinski definition) is 1. The quantitative estimate of drug-likeness (QED) is 0.575. The minimum absolute atomic E-state index is 0.0258. The zero-order valence-electron chi connectivity index (χ0n) is 14.1. The number of carbonyl (C=O) groups is 1. The van der Waals surface area contributed by atoms with E-state index in [2.05, 4.69) is 10.5 Å². The molecule has 0 saturated carbocycles. The van der Waals surface area contributed by atoms with E-state index in [9.17, 15) is 14.9 Å². The van der Waals surface area contributed by atoms with Crippen molar-refractivity contribution in [2.75, 3.05) is 5.32 Å². The van der Waals surface area contributed by atoms with Gasteiger partial charge in [-0.3, -0.25) is 14.9 Å². The van der Waals surface area contributed by atoms with Crippen LogP contribution in [0.25, 0.3) is 11.0 Å². The number of nitrogens with zero attached hydrogens (tertiary/aromatic N) is 2. The summed E-state index contributed by atoms with van der Waals surface area (Å²) in [5.74, 6) is -0.307. The standard InChI is InChI=1S/C18H17N3O4/c1-10-6-12(3)18-14(7-10)16(20-25-18)9-17(22)19-15-8-13(21(23)24)5-4-11(15)2/h4-8H,9H2,1-3H3,(H,19,22). The first-order valence-electron chi connectivity index (χ1n) is 7.75. The van der Waals surface area contributed by atoms with Gasteiger partial charge in [0.05, 0.1) is 17.0 Å². The molecule has 25 heavy (non-hydrogen) atoms. The van der Waals surface area contributed by atoms with Gasteiger partial charge < -0.3 is 9.84 Å². The lowest BCUT2D eigenvalue weighted by molar-refractivity contribution is -0.384. The van der Waals surface area contributed by atoms with Gasteiger partial charge in [-0.1, -0.05) is 17.3 Å². The molecule has 1 N–H and O–H groups in total. The van der Waals surface area contributed by atoms with Crippen molar-refractivity contribution in [1.29, 1.82) is 0 Å². The van der Waals surface area contributed by atoms with E-state index >= 15 is 0 Å². The van der Waals surface area contributed by atoms with E-state index in [0.29, 0.717) is 17.0 Å². The van der Waals surface area contributed by atoms with Crippen molar-refractivity contribution < 1.29 is 14.2 Å². The highest BCUT2D eigenvalue weighted by atomic mass is 16.6. The fraction of sp³-hybridized carbons (Fsp3) is 0.222. The minimum atomic E-state index is -0.494. The number of rotatable bonds is 4. The van der Waals surface area contributed by atoms with E-state index in [4.69, 9.17) is 4.52 Å². The summed E-state index contributed by atoms with van der Waals surface area (Å²) < 4.78 is 5.34. The smallest absolute Gasteiger partial charge is 0.271 e. The molecule has 0 radical (unpaired) electrons. The summed E-state index contributed by atoms with van der Waals surface area (Å²) in [4.78, 5) is 22.8. The van der Waals surface area contributed by atoms with Crippen LogP contribution in [0.3, 0.4) is 0 Å². The van der Waals surface area contributed by atoms with Gasteiger partial charge in [-0.15, -0.1) is 0 Å². The summed E-state index contributed by atoms with van der Waals surface area (Å²) in [6.45, 7) is 5.67. The molecule has 0 bridgehead atoms. The predicted octanol–water partition coefficient (Wildman–Crippen LogP) is 3.84. The Balaban J connectivity index is 1.84. The zero-order valence-corrected chi connectivity index (χ0v) is 14.1. The molecular formula is C18H17N3O4. The number of hydrogen-bond acceptors (Lipinski definition) is 5. The maximum Gasteiger partial charge on any atom is 0.271 e. The van der Waals surface area contributed by atoms with E-state index in [0.717, 1.165) is 22.1 Å². The summed E-state index contributed by atoms with van der Waals surface area (Å²) in [7, 11) is 0. The van der Waals surface area contributed by atoms with Gasteiger partial charge in [-0.05, 0) is 43.5 Å². The number of nitro benzene ring substituents is 1. The van der Waals surface area contributed by atoms with Crippen molar-refractivity contribution in [2.24, 2.45) is 0 Å². The van der Waals surface area contributed by atoms with E-state index < -0.39 is 4.92 Å². The van der Waals surface area contributed by atoms with Crippen molar-refractivity contribution >= 4 is 28.3 Å². The molecule has 0 saturated heterocycles. The second-order valence-electron chi connectivity index (χ2n) is 6.07. The van der Waals surface area contributed by atoms with Crippen LogP contribution in [0, 0.1) is 30.9 Å². The number of benzene rings is 2. The number of carbonyl (C=O) groups excluding carboxylic acids is 1. The van der Waals surface area contributed by atoms with Crippen molar-refractivity contribution in [3.63, 3.8) is 0 Å². The second kappa shape index (κ2) is 6.35. The molecule has 1 amide bonds. The van der Waals surface area contributed by atoms with Gasteiger partial charge in [-0.2, -0.15) is 0 Å². The van der Waals surface area contributed by atoms with Gasteiger partial charge in [0.1, 0.15) is 5.69 Å². The molecule has 3 rings (SSSR count). The third-order valence-corrected chi connectivity index (χ3v) is 4.01. The Kier molecular flexibility index (Phi) is 4.22. The number of nitrogens with one attached hydrogen (secondary N) is 1. The number of non-ortho nitro benzene ring substituents is 1. The first-order valence-corrected chi connectivity index (χ1v) is 7.75. The molecule has 0 atom stereocenters. The van der Waals surface area contributed by atoms with Crippen LogP contribution in [0.5, 0.6) is 0 Å². The molecular weight excluding hydrogens is 322 g/mol. The Morgan fingerprint density at radius 3 is 2.68 bits per heavy atom. The van der Waals surface area contributed by atoms with Crippen molar-refractivity contribution in [3.8, 4) is 0 Å². The van der Waals surface area contributed by atoms with Crippen molar-refractivity contribution in [3.05, 3.63) is 62.8 Å². The normalized spacial score (nSPS) is 10.8. The SMILES string of the molecule is Cc1cc(C)c2onc(CC(=O)Nc3cc([N+](=O)[O-])ccc3C)c2c1. The monoisotopic (exact) mass is 339 g/mol. The molecule has 0 aliphatic heterocycles. The zero-order chi connectivity index (χ0) is 18.1. The molecule has 128 valence electrons. The Morgan fingerprint density at radius 1 is 1.20 bits per heavy atom. The fourth-order valence-corrected chi connectivity index (χ4v) is 2.77. The summed E-state index contributed by atoms with van der Waals surface area (Å²) >= 11 is 0. The van der Waals surface area contributed by atoms with Crippen LogP contribution >= 0.6 is 0 Å². The lowest BCUT2D eigenvalue weighted by Gasteiger charge is -2.07. The van der Waals surface area contributed by atoms with Crippen LogP contribution in [-0.2, 0) is 11.2 Å². The lowest BCUT2D eigenvalue weighted by Crippen LogP contribution is -2.15. The molecule has 1 aromatic heterocycles. The highest BCUT2D eigenvalue weighted by molar-refractivity contribution is 5.96. The van der Waals surface area contributed by atoms with E-state index in [1.54, 1.807) is 13.0 Å². The van der Waals surface area contributed by atoms with Crippen LogP contribution in [0.15, 0.2) is 34.9 Å². The van der Waals surface area contributed by atoms with Gasteiger partial charge in [0.15, 0.2) is 5.58 Å². The summed E-state index contributed by atoms with van der Waals surface area (Å²) in [5, 5.41) is 18.4. The van der Waals surface area contributed by atoms with E-state index in [1.807, 2.05) is 26.0 Å². The molecule has 7 heteroatoms. The van der Waals surface area contributed by atoms with Crippen LogP contribution in [0.1, 0.15) is 22.4 Å². The Morgan fingerprint density at radius 2 is 1.96 bits per heavy atom. The maximum absolute atomic E-state index is 12.4. The Bertz CT molecular complexity index is 991. The van der Waals surface area contributed by atoms with Gasteiger partial charge in [0.25, 0.3) is 5.69 Å². The highest BCUT2D eigenvalue weighted by Gasteiger charge is 2.16. The number of aryl methyl sites for hydroxylation is 3. The molecule has 0 aliphatic rings. The average molecular weight is 339 g/mol.